The van der Waals surface area contributed by atoms with Crippen LogP contribution < -0.4 is 16.6 Å². The lowest BCUT2D eigenvalue weighted by Crippen LogP contribution is -2.33. The summed E-state index contributed by atoms with van der Waals surface area (Å²) in [7, 11) is -4.54. The molecule has 3 heterocycles. The van der Waals surface area contributed by atoms with Gasteiger partial charge < -0.3 is 30.9 Å². The van der Waals surface area contributed by atoms with Gasteiger partial charge in [-0.15, -0.1) is 11.6 Å². The van der Waals surface area contributed by atoms with Crippen LogP contribution in [-0.4, -0.2) is 84.5 Å². The number of fused-ring (bicyclic) bond motifs is 1. The molecule has 7 N–H and O–H groups in total. The molecule has 172 valence electrons. The van der Waals surface area contributed by atoms with E-state index in [2.05, 4.69) is 24.8 Å². The Morgan fingerprint density at radius 1 is 1.42 bits per heavy atom. The molecule has 0 spiro atoms. The van der Waals surface area contributed by atoms with Crippen LogP contribution in [0.5, 0.6) is 0 Å². The summed E-state index contributed by atoms with van der Waals surface area (Å²) in [5.74, 6) is -0.935. The van der Waals surface area contributed by atoms with Crippen LogP contribution in [0.1, 0.15) is 6.23 Å². The van der Waals surface area contributed by atoms with E-state index in [4.69, 9.17) is 26.6 Å². The molecule has 0 bridgehead atoms. The average molecular weight is 483 g/mol. The highest BCUT2D eigenvalue weighted by Gasteiger charge is 2.45. The lowest BCUT2D eigenvalue weighted by Gasteiger charge is -2.17. The highest BCUT2D eigenvalue weighted by Crippen LogP contribution is 2.44. The zero-order chi connectivity index (χ0) is 22.8. The fourth-order valence-corrected chi connectivity index (χ4v) is 3.66. The number of aliphatic hydroxyl groups is 2. The van der Waals surface area contributed by atoms with Crippen LogP contribution in [0.2, 0.25) is 0 Å². The topological polar surface area (TPSA) is 224 Å². The van der Waals surface area contributed by atoms with Gasteiger partial charge in [-0.05, 0) is 0 Å². The number of alkyl halides is 1. The number of nitrogens with zero attached hydrogens (tertiary/aromatic N) is 3. The van der Waals surface area contributed by atoms with E-state index in [0.29, 0.717) is 0 Å². The first-order valence-corrected chi connectivity index (χ1v) is 10.8. The molecule has 1 aliphatic rings. The van der Waals surface area contributed by atoms with Crippen LogP contribution in [-0.2, 0) is 23.1 Å². The van der Waals surface area contributed by atoms with Gasteiger partial charge in [-0.25, -0.2) is 9.55 Å². The summed E-state index contributed by atoms with van der Waals surface area (Å²) in [6.07, 6.45) is -4.29. The molecule has 1 amide bonds. The SMILES string of the molecule is Nc1nc2c(ncn2[C@@H]2O[C@H](COP(=O)(O)OCCNC(=O)CCl)[C@@H](O)[C@H]2O)c(=O)[nH]1. The number of phosphoric acid groups is 1. The van der Waals surface area contributed by atoms with E-state index in [-0.39, 0.29) is 36.1 Å². The average Bonchev–Trinajstić information content (AvgIpc) is 3.25. The molecule has 5 atom stereocenters. The maximum atomic E-state index is 11.9. The quantitative estimate of drug-likeness (QED) is 0.127. The molecule has 2 aromatic heterocycles. The Morgan fingerprint density at radius 3 is 2.87 bits per heavy atom. The number of nitrogen functional groups attached to an aromatic ring is 1. The molecule has 0 aromatic carbocycles. The molecule has 1 fully saturated rings. The second kappa shape index (κ2) is 9.58. The van der Waals surface area contributed by atoms with Gasteiger partial charge in [0.05, 0.1) is 19.5 Å². The smallest absolute Gasteiger partial charge is 0.387 e. The first-order chi connectivity index (χ1) is 14.6. The minimum Gasteiger partial charge on any atom is -0.387 e. The Bertz CT molecular complexity index is 1050. The van der Waals surface area contributed by atoms with Crippen molar-refractivity contribution in [2.24, 2.45) is 0 Å². The number of aliphatic hydroxyl groups excluding tert-OH is 2. The van der Waals surface area contributed by atoms with Gasteiger partial charge in [-0.1, -0.05) is 0 Å². The number of rotatable bonds is 9. The Morgan fingerprint density at radius 2 is 2.16 bits per heavy atom. The summed E-state index contributed by atoms with van der Waals surface area (Å²) in [4.78, 5) is 42.7. The van der Waals surface area contributed by atoms with Crippen molar-refractivity contribution in [3.05, 3.63) is 16.7 Å². The van der Waals surface area contributed by atoms with Gasteiger partial charge in [0.15, 0.2) is 17.4 Å². The number of hydrogen-bond acceptors (Lipinski definition) is 11. The monoisotopic (exact) mass is 482 g/mol. The number of nitrogens with one attached hydrogen (secondary N) is 2. The van der Waals surface area contributed by atoms with Crippen LogP contribution in [0.3, 0.4) is 0 Å². The Balaban J connectivity index is 1.62. The number of halogens is 1. The van der Waals surface area contributed by atoms with Crippen LogP contribution in [0, 0.1) is 0 Å². The number of hydrogen-bond donors (Lipinski definition) is 6. The van der Waals surface area contributed by atoms with E-state index in [0.717, 1.165) is 0 Å². The number of nitrogens with two attached hydrogens (primary N) is 1. The normalized spacial score (nSPS) is 25.5. The second-order valence-electron chi connectivity index (χ2n) is 6.40. The molecule has 1 aliphatic heterocycles. The number of phosphoric ester groups is 1. The number of imidazole rings is 1. The fourth-order valence-electron chi connectivity index (χ4n) is 2.83. The Labute approximate surface area is 178 Å². The molecular weight excluding hydrogens is 463 g/mol. The van der Waals surface area contributed by atoms with E-state index < -0.39 is 50.4 Å². The van der Waals surface area contributed by atoms with Crippen molar-refractivity contribution in [1.29, 1.82) is 0 Å². The number of carbonyl (C=O) groups is 1. The van der Waals surface area contributed by atoms with Gasteiger partial charge in [-0.3, -0.25) is 28.2 Å². The van der Waals surface area contributed by atoms with Gasteiger partial charge in [0.2, 0.25) is 11.9 Å². The predicted octanol–water partition coefficient (Wildman–Crippen LogP) is -2.19. The van der Waals surface area contributed by atoms with Crippen molar-refractivity contribution >= 4 is 42.4 Å². The largest absolute Gasteiger partial charge is 0.472 e. The summed E-state index contributed by atoms with van der Waals surface area (Å²) in [5, 5.41) is 22.9. The summed E-state index contributed by atoms with van der Waals surface area (Å²) in [6.45, 7) is -1.02. The molecule has 1 saturated heterocycles. The van der Waals surface area contributed by atoms with Gasteiger partial charge in [-0.2, -0.15) is 4.98 Å². The summed E-state index contributed by atoms with van der Waals surface area (Å²) >= 11 is 5.29. The first-order valence-electron chi connectivity index (χ1n) is 8.81. The predicted molar refractivity (Wildman–Crippen MR) is 104 cm³/mol. The third kappa shape index (κ3) is 5.39. The minimum atomic E-state index is -4.54. The number of anilines is 1. The second-order valence-corrected chi connectivity index (χ2v) is 8.12. The molecule has 31 heavy (non-hydrogen) atoms. The number of aromatic amines is 1. The summed E-state index contributed by atoms with van der Waals surface area (Å²) in [5.41, 5.74) is 4.87. The third-order valence-electron chi connectivity index (χ3n) is 4.26. The van der Waals surface area contributed by atoms with Crippen molar-refractivity contribution in [1.82, 2.24) is 24.8 Å². The molecule has 17 heteroatoms. The number of H-pyrrole nitrogens is 1. The Hall–Kier alpha value is -2.10. The number of amides is 1. The van der Waals surface area contributed by atoms with Crippen molar-refractivity contribution in [2.75, 3.05) is 31.4 Å². The van der Waals surface area contributed by atoms with Gasteiger partial charge >= 0.3 is 7.82 Å². The van der Waals surface area contributed by atoms with Crippen LogP contribution >= 0.6 is 19.4 Å². The lowest BCUT2D eigenvalue weighted by atomic mass is 10.1. The van der Waals surface area contributed by atoms with Gasteiger partial charge in [0.25, 0.3) is 5.56 Å². The molecule has 1 unspecified atom stereocenters. The van der Waals surface area contributed by atoms with Gasteiger partial charge in [0, 0.05) is 6.54 Å². The van der Waals surface area contributed by atoms with E-state index in [1.807, 2.05) is 0 Å². The summed E-state index contributed by atoms with van der Waals surface area (Å²) in [6, 6.07) is 0. The highest BCUT2D eigenvalue weighted by atomic mass is 35.5. The molecule has 3 rings (SSSR count). The number of aromatic nitrogens is 4. The molecule has 0 aliphatic carbocycles. The zero-order valence-corrected chi connectivity index (χ0v) is 17.4. The highest BCUT2D eigenvalue weighted by molar-refractivity contribution is 7.47. The lowest BCUT2D eigenvalue weighted by molar-refractivity contribution is -0.118. The van der Waals surface area contributed by atoms with E-state index in [1.54, 1.807) is 0 Å². The molecule has 15 nitrogen and oxygen atoms in total. The van der Waals surface area contributed by atoms with Crippen molar-refractivity contribution in [3.8, 4) is 0 Å². The molecule has 0 saturated carbocycles. The molecule has 2 aromatic rings. The zero-order valence-electron chi connectivity index (χ0n) is 15.8. The third-order valence-corrected chi connectivity index (χ3v) is 5.49. The molecule has 0 radical (unpaired) electrons. The maximum absolute atomic E-state index is 11.9. The molecular formula is C14H20ClN6O9P. The summed E-state index contributed by atoms with van der Waals surface area (Å²) < 4.78 is 28.1. The van der Waals surface area contributed by atoms with Crippen LogP contribution in [0.15, 0.2) is 11.1 Å². The van der Waals surface area contributed by atoms with Crippen molar-refractivity contribution in [3.63, 3.8) is 0 Å². The van der Waals surface area contributed by atoms with E-state index in [1.165, 1.54) is 10.9 Å². The van der Waals surface area contributed by atoms with Crippen LogP contribution in [0.25, 0.3) is 11.2 Å². The standard InChI is InChI=1S/C14H20ClN6O9P/c15-3-7(22)17-1-2-28-31(26,27)29-4-6-9(23)10(24)13(30-6)21-5-18-8-11(21)19-14(16)20-12(8)25/h5-6,9-10,13,23-24H,1-4H2,(H,17,22)(H,26,27)(H3,16,19,20,25)/t6-,9-,10-,13-/m1/s1. The van der Waals surface area contributed by atoms with Crippen LogP contribution in [0.4, 0.5) is 5.95 Å². The first kappa shape index (κ1) is 23.6. The Kier molecular flexibility index (Phi) is 7.28. The number of ether oxygens (including phenoxy) is 1. The number of carbonyl (C=O) groups excluding carboxylic acids is 1. The minimum absolute atomic E-state index is 0.00854. The van der Waals surface area contributed by atoms with Gasteiger partial charge in [0.1, 0.15) is 24.2 Å². The van der Waals surface area contributed by atoms with E-state index in [9.17, 15) is 29.3 Å². The van der Waals surface area contributed by atoms with Crippen molar-refractivity contribution in [2.45, 2.75) is 24.5 Å². The maximum Gasteiger partial charge on any atom is 0.472 e. The van der Waals surface area contributed by atoms with E-state index >= 15 is 0 Å². The van der Waals surface area contributed by atoms with Crippen molar-refractivity contribution < 1.29 is 38.3 Å². The fraction of sp³-hybridized carbons (Fsp3) is 0.571.